The largest absolute Gasteiger partial charge is 0.484 e. The predicted octanol–water partition coefficient (Wildman–Crippen LogP) is 2.15. The Bertz CT molecular complexity index is 789. The lowest BCUT2D eigenvalue weighted by molar-refractivity contribution is -0.123. The fourth-order valence-electron chi connectivity index (χ4n) is 2.23. The maximum Gasteiger partial charge on any atom is 0.336 e. The number of benzene rings is 1. The number of carbonyl (C=O) groups excluding carboxylic acids is 1. The molecule has 1 aromatic carbocycles. The standard InChI is InChI=1S/C17H18N2O4/c1-2-4-12-9-17(21)23-15-10-13(5-6-14(12)15)22-11-16(20)19-8-3-7-18/h5-6,9-10H,2-4,8,11H2,1H3,(H,19,20). The van der Waals surface area contributed by atoms with Crippen LogP contribution in [0.5, 0.6) is 5.75 Å². The van der Waals surface area contributed by atoms with Crippen molar-refractivity contribution in [1.29, 1.82) is 5.26 Å². The Morgan fingerprint density at radius 2 is 2.22 bits per heavy atom. The molecule has 1 aromatic heterocycles. The average molecular weight is 314 g/mol. The van der Waals surface area contributed by atoms with E-state index in [2.05, 4.69) is 5.32 Å². The van der Waals surface area contributed by atoms with Gasteiger partial charge in [-0.25, -0.2) is 4.79 Å². The molecule has 0 spiro atoms. The summed E-state index contributed by atoms with van der Waals surface area (Å²) in [7, 11) is 0. The van der Waals surface area contributed by atoms with Crippen LogP contribution in [0.3, 0.4) is 0 Å². The Labute approximate surface area is 133 Å². The van der Waals surface area contributed by atoms with Crippen molar-refractivity contribution in [1.82, 2.24) is 5.32 Å². The molecule has 0 aliphatic carbocycles. The van der Waals surface area contributed by atoms with Crippen LogP contribution in [0.2, 0.25) is 0 Å². The summed E-state index contributed by atoms with van der Waals surface area (Å²) in [6.07, 6.45) is 1.98. The van der Waals surface area contributed by atoms with Gasteiger partial charge in [0.1, 0.15) is 11.3 Å². The number of fused-ring (bicyclic) bond motifs is 1. The van der Waals surface area contributed by atoms with Crippen LogP contribution in [0.25, 0.3) is 11.0 Å². The fourth-order valence-corrected chi connectivity index (χ4v) is 2.23. The Kier molecular flexibility index (Phi) is 5.75. The molecule has 1 heterocycles. The first-order valence-electron chi connectivity index (χ1n) is 7.47. The van der Waals surface area contributed by atoms with Gasteiger partial charge < -0.3 is 14.5 Å². The molecule has 6 heteroatoms. The van der Waals surface area contributed by atoms with Gasteiger partial charge in [0.25, 0.3) is 5.91 Å². The number of hydrogen-bond donors (Lipinski definition) is 1. The molecule has 2 rings (SSSR count). The molecular formula is C17H18N2O4. The summed E-state index contributed by atoms with van der Waals surface area (Å²) in [5.74, 6) is 0.145. The maximum absolute atomic E-state index is 11.6. The highest BCUT2D eigenvalue weighted by molar-refractivity contribution is 5.82. The van der Waals surface area contributed by atoms with Gasteiger partial charge in [-0.2, -0.15) is 5.26 Å². The minimum absolute atomic E-state index is 0.157. The smallest absolute Gasteiger partial charge is 0.336 e. The van der Waals surface area contributed by atoms with Crippen LogP contribution < -0.4 is 15.7 Å². The first-order valence-corrected chi connectivity index (χ1v) is 7.47. The van der Waals surface area contributed by atoms with E-state index in [4.69, 9.17) is 14.4 Å². The van der Waals surface area contributed by atoms with Crippen molar-refractivity contribution >= 4 is 16.9 Å². The van der Waals surface area contributed by atoms with Crippen LogP contribution >= 0.6 is 0 Å². The highest BCUT2D eigenvalue weighted by Crippen LogP contribution is 2.23. The molecule has 0 saturated carbocycles. The zero-order valence-electron chi connectivity index (χ0n) is 12.9. The maximum atomic E-state index is 11.6. The lowest BCUT2D eigenvalue weighted by Crippen LogP contribution is -2.29. The van der Waals surface area contributed by atoms with E-state index < -0.39 is 5.63 Å². The van der Waals surface area contributed by atoms with Crippen LogP contribution in [0, 0.1) is 11.3 Å². The van der Waals surface area contributed by atoms with E-state index in [1.165, 1.54) is 6.07 Å². The van der Waals surface area contributed by atoms with Crippen molar-refractivity contribution in [3.63, 3.8) is 0 Å². The summed E-state index contributed by atoms with van der Waals surface area (Å²) < 4.78 is 10.6. The average Bonchev–Trinajstić information content (AvgIpc) is 2.53. The highest BCUT2D eigenvalue weighted by atomic mass is 16.5. The number of nitrogens with zero attached hydrogens (tertiary/aromatic N) is 1. The lowest BCUT2D eigenvalue weighted by atomic mass is 10.1. The topological polar surface area (TPSA) is 92.3 Å². The molecule has 120 valence electrons. The van der Waals surface area contributed by atoms with Crippen molar-refractivity contribution < 1.29 is 13.9 Å². The molecule has 6 nitrogen and oxygen atoms in total. The summed E-state index contributed by atoms with van der Waals surface area (Å²) in [5.41, 5.74) is 0.996. The summed E-state index contributed by atoms with van der Waals surface area (Å²) in [6.45, 7) is 2.18. The summed E-state index contributed by atoms with van der Waals surface area (Å²) in [4.78, 5) is 23.1. The van der Waals surface area contributed by atoms with Crippen LogP contribution in [0.1, 0.15) is 25.3 Å². The van der Waals surface area contributed by atoms with Gasteiger partial charge in [0.2, 0.25) is 0 Å². The summed E-state index contributed by atoms with van der Waals surface area (Å²) in [6, 6.07) is 8.62. The molecule has 0 saturated heterocycles. The number of amides is 1. The van der Waals surface area contributed by atoms with E-state index >= 15 is 0 Å². The van der Waals surface area contributed by atoms with E-state index in [0.717, 1.165) is 23.8 Å². The Balaban J connectivity index is 2.10. The second-order valence-electron chi connectivity index (χ2n) is 5.05. The third kappa shape index (κ3) is 4.58. The molecule has 0 unspecified atom stereocenters. The molecule has 1 N–H and O–H groups in total. The summed E-state index contributed by atoms with van der Waals surface area (Å²) >= 11 is 0. The molecular weight excluding hydrogens is 296 g/mol. The molecule has 23 heavy (non-hydrogen) atoms. The molecule has 0 aliphatic rings. The lowest BCUT2D eigenvalue weighted by Gasteiger charge is -2.08. The normalized spacial score (nSPS) is 10.3. The Hall–Kier alpha value is -2.81. The van der Waals surface area contributed by atoms with Gasteiger partial charge in [-0.05, 0) is 24.1 Å². The number of ether oxygens (including phenoxy) is 1. The SMILES string of the molecule is CCCc1cc(=O)oc2cc(OCC(=O)NCCC#N)ccc12. The molecule has 0 atom stereocenters. The molecule has 0 bridgehead atoms. The van der Waals surface area contributed by atoms with Gasteiger partial charge in [0.05, 0.1) is 12.5 Å². The number of hydrogen-bond acceptors (Lipinski definition) is 5. The highest BCUT2D eigenvalue weighted by Gasteiger charge is 2.08. The van der Waals surface area contributed by atoms with Crippen molar-refractivity contribution in [2.45, 2.75) is 26.2 Å². The van der Waals surface area contributed by atoms with Gasteiger partial charge in [0, 0.05) is 24.1 Å². The first-order chi connectivity index (χ1) is 11.1. The third-order valence-corrected chi connectivity index (χ3v) is 3.25. The summed E-state index contributed by atoms with van der Waals surface area (Å²) in [5, 5.41) is 11.8. The van der Waals surface area contributed by atoms with Crippen molar-refractivity contribution in [2.75, 3.05) is 13.2 Å². The number of nitrogens with one attached hydrogen (secondary N) is 1. The zero-order valence-corrected chi connectivity index (χ0v) is 12.9. The van der Waals surface area contributed by atoms with Crippen molar-refractivity contribution in [3.8, 4) is 11.8 Å². The molecule has 2 aromatic rings. The third-order valence-electron chi connectivity index (χ3n) is 3.25. The van der Waals surface area contributed by atoms with E-state index in [-0.39, 0.29) is 18.9 Å². The zero-order chi connectivity index (χ0) is 16.7. The van der Waals surface area contributed by atoms with Gasteiger partial charge in [-0.15, -0.1) is 0 Å². The van der Waals surface area contributed by atoms with E-state index in [9.17, 15) is 9.59 Å². The Morgan fingerprint density at radius 1 is 1.39 bits per heavy atom. The van der Waals surface area contributed by atoms with Crippen LogP contribution in [0.4, 0.5) is 0 Å². The van der Waals surface area contributed by atoms with Crippen molar-refractivity contribution in [2.24, 2.45) is 0 Å². The number of aryl methyl sites for hydroxylation is 1. The van der Waals surface area contributed by atoms with Gasteiger partial charge in [0.15, 0.2) is 6.61 Å². The van der Waals surface area contributed by atoms with Crippen LogP contribution in [-0.2, 0) is 11.2 Å². The fraction of sp³-hybridized carbons (Fsp3) is 0.353. The Morgan fingerprint density at radius 3 is 2.96 bits per heavy atom. The molecule has 0 aliphatic heterocycles. The second kappa shape index (κ2) is 7.99. The number of rotatable bonds is 7. The predicted molar refractivity (Wildman–Crippen MR) is 85.2 cm³/mol. The monoisotopic (exact) mass is 314 g/mol. The molecule has 1 amide bonds. The van der Waals surface area contributed by atoms with Gasteiger partial charge in [-0.1, -0.05) is 13.3 Å². The van der Waals surface area contributed by atoms with Gasteiger partial charge in [-0.3, -0.25) is 4.79 Å². The van der Waals surface area contributed by atoms with Crippen LogP contribution in [-0.4, -0.2) is 19.1 Å². The molecule has 0 fully saturated rings. The minimum atomic E-state index is -0.396. The minimum Gasteiger partial charge on any atom is -0.484 e. The first kappa shape index (κ1) is 16.6. The number of carbonyl (C=O) groups is 1. The van der Waals surface area contributed by atoms with E-state index in [1.54, 1.807) is 12.1 Å². The quantitative estimate of drug-likeness (QED) is 0.624. The van der Waals surface area contributed by atoms with Gasteiger partial charge >= 0.3 is 5.63 Å². The molecule has 0 radical (unpaired) electrons. The van der Waals surface area contributed by atoms with Crippen LogP contribution in [0.15, 0.2) is 33.5 Å². The van der Waals surface area contributed by atoms with E-state index in [1.807, 2.05) is 19.1 Å². The second-order valence-corrected chi connectivity index (χ2v) is 5.05. The van der Waals surface area contributed by atoms with Crippen molar-refractivity contribution in [3.05, 3.63) is 40.2 Å². The van der Waals surface area contributed by atoms with E-state index in [0.29, 0.717) is 17.9 Å². The number of nitriles is 1.